The molecule has 108 valence electrons. The molecule has 1 aliphatic heterocycles. The van der Waals surface area contributed by atoms with Crippen LogP contribution in [-0.4, -0.2) is 23.3 Å². The van der Waals surface area contributed by atoms with Crippen LogP contribution >= 0.6 is 0 Å². The Labute approximate surface area is 121 Å². The van der Waals surface area contributed by atoms with E-state index >= 15 is 0 Å². The average Bonchev–Trinajstić information content (AvgIpc) is 2.45. The fraction of sp³-hybridized carbons (Fsp3) is 0.188. The van der Waals surface area contributed by atoms with E-state index in [0.717, 1.165) is 11.1 Å². The molecule has 0 aromatic heterocycles. The Kier molecular flexibility index (Phi) is 3.17. The van der Waals surface area contributed by atoms with E-state index in [-0.39, 0.29) is 29.8 Å². The van der Waals surface area contributed by atoms with Gasteiger partial charge >= 0.3 is 5.97 Å². The lowest BCUT2D eigenvalue weighted by molar-refractivity contribution is -0.135. The van der Waals surface area contributed by atoms with Gasteiger partial charge in [0.15, 0.2) is 11.5 Å². The van der Waals surface area contributed by atoms with Gasteiger partial charge in [0.25, 0.3) is 0 Å². The van der Waals surface area contributed by atoms with Gasteiger partial charge in [0.2, 0.25) is 0 Å². The van der Waals surface area contributed by atoms with Gasteiger partial charge in [0.05, 0.1) is 13.5 Å². The Morgan fingerprint density at radius 1 is 1.19 bits per heavy atom. The summed E-state index contributed by atoms with van der Waals surface area (Å²) in [5.74, 6) is 0.204. The molecular weight excluding hydrogens is 272 g/mol. The van der Waals surface area contributed by atoms with Crippen LogP contribution in [0.25, 0.3) is 0 Å². The summed E-state index contributed by atoms with van der Waals surface area (Å²) in [6, 6.07) is 9.74. The predicted molar refractivity (Wildman–Crippen MR) is 74.9 cm³/mol. The van der Waals surface area contributed by atoms with Crippen molar-refractivity contribution in [1.29, 1.82) is 0 Å². The molecule has 0 spiro atoms. The number of ether oxygens (including phenoxy) is 2. The lowest BCUT2D eigenvalue weighted by atomic mass is 9.86. The third-order valence-electron chi connectivity index (χ3n) is 3.57. The van der Waals surface area contributed by atoms with E-state index in [2.05, 4.69) is 0 Å². The molecule has 0 bridgehead atoms. The number of carbonyl (C=O) groups excluding carboxylic acids is 1. The topological polar surface area (TPSA) is 76.0 Å². The number of aromatic hydroxyl groups is 2. The lowest BCUT2D eigenvalue weighted by Gasteiger charge is -2.25. The van der Waals surface area contributed by atoms with Gasteiger partial charge in [-0.3, -0.25) is 4.79 Å². The maximum absolute atomic E-state index is 11.7. The first-order valence-electron chi connectivity index (χ1n) is 6.49. The zero-order valence-corrected chi connectivity index (χ0v) is 11.4. The van der Waals surface area contributed by atoms with Crippen molar-refractivity contribution in [3.05, 3.63) is 47.5 Å². The van der Waals surface area contributed by atoms with Crippen LogP contribution in [0.2, 0.25) is 0 Å². The Morgan fingerprint density at radius 3 is 2.71 bits per heavy atom. The molecule has 0 aliphatic carbocycles. The van der Waals surface area contributed by atoms with E-state index in [1.165, 1.54) is 13.2 Å². The van der Waals surface area contributed by atoms with Crippen molar-refractivity contribution < 1.29 is 24.5 Å². The van der Waals surface area contributed by atoms with Crippen LogP contribution < -0.4 is 9.47 Å². The lowest BCUT2D eigenvalue weighted by Crippen LogP contribution is -2.20. The predicted octanol–water partition coefficient (Wildman–Crippen LogP) is 2.55. The first kappa shape index (κ1) is 13.3. The highest BCUT2D eigenvalue weighted by Crippen LogP contribution is 2.42. The molecule has 0 amide bonds. The van der Waals surface area contributed by atoms with E-state index < -0.39 is 0 Å². The summed E-state index contributed by atoms with van der Waals surface area (Å²) >= 11 is 0. The minimum Gasteiger partial charge on any atom is -0.508 e. The molecule has 0 radical (unpaired) electrons. The van der Waals surface area contributed by atoms with Gasteiger partial charge in [-0.2, -0.15) is 0 Å². The molecule has 0 saturated heterocycles. The van der Waals surface area contributed by atoms with Crippen molar-refractivity contribution in [3.8, 4) is 23.0 Å². The second kappa shape index (κ2) is 5.01. The Balaban J connectivity index is 2.07. The molecule has 0 unspecified atom stereocenters. The summed E-state index contributed by atoms with van der Waals surface area (Å²) in [7, 11) is 1.48. The van der Waals surface area contributed by atoms with Gasteiger partial charge in [-0.1, -0.05) is 12.1 Å². The number of phenols is 2. The summed E-state index contributed by atoms with van der Waals surface area (Å²) in [6.07, 6.45) is 0.184. The van der Waals surface area contributed by atoms with Crippen LogP contribution in [0.4, 0.5) is 0 Å². The monoisotopic (exact) mass is 286 g/mol. The summed E-state index contributed by atoms with van der Waals surface area (Å²) < 4.78 is 10.2. The SMILES string of the molecule is COc1ccc([C@H]2CC(=O)Oc3cc(O)ccc32)cc1O. The summed E-state index contributed by atoms with van der Waals surface area (Å²) in [4.78, 5) is 11.7. The van der Waals surface area contributed by atoms with E-state index in [9.17, 15) is 15.0 Å². The van der Waals surface area contributed by atoms with Crippen molar-refractivity contribution in [2.24, 2.45) is 0 Å². The molecule has 2 aromatic carbocycles. The Morgan fingerprint density at radius 2 is 2.00 bits per heavy atom. The fourth-order valence-electron chi connectivity index (χ4n) is 2.56. The van der Waals surface area contributed by atoms with Crippen LogP contribution in [0.5, 0.6) is 23.0 Å². The summed E-state index contributed by atoms with van der Waals surface area (Å²) in [6.45, 7) is 0. The zero-order chi connectivity index (χ0) is 15.0. The average molecular weight is 286 g/mol. The summed E-state index contributed by atoms with van der Waals surface area (Å²) in [5, 5.41) is 19.4. The highest BCUT2D eigenvalue weighted by atomic mass is 16.5. The highest BCUT2D eigenvalue weighted by molar-refractivity contribution is 5.78. The third-order valence-corrected chi connectivity index (χ3v) is 3.57. The van der Waals surface area contributed by atoms with Gasteiger partial charge in [0.1, 0.15) is 11.5 Å². The van der Waals surface area contributed by atoms with Crippen molar-refractivity contribution in [1.82, 2.24) is 0 Å². The number of hydrogen-bond donors (Lipinski definition) is 2. The maximum atomic E-state index is 11.7. The van der Waals surface area contributed by atoms with Gasteiger partial charge in [-0.25, -0.2) is 0 Å². The largest absolute Gasteiger partial charge is 0.508 e. The summed E-state index contributed by atoms with van der Waals surface area (Å²) in [5.41, 5.74) is 1.59. The molecule has 1 heterocycles. The zero-order valence-electron chi connectivity index (χ0n) is 11.4. The van der Waals surface area contributed by atoms with Crippen LogP contribution in [-0.2, 0) is 4.79 Å². The smallest absolute Gasteiger partial charge is 0.312 e. The Bertz CT molecular complexity index is 708. The molecule has 1 atom stereocenters. The Hall–Kier alpha value is -2.69. The van der Waals surface area contributed by atoms with Gasteiger partial charge in [-0.05, 0) is 23.8 Å². The maximum Gasteiger partial charge on any atom is 0.312 e. The number of esters is 1. The van der Waals surface area contributed by atoms with Crippen molar-refractivity contribution in [2.45, 2.75) is 12.3 Å². The first-order valence-corrected chi connectivity index (χ1v) is 6.49. The van der Waals surface area contributed by atoms with E-state index in [1.807, 2.05) is 0 Å². The normalized spacial score (nSPS) is 17.0. The second-order valence-corrected chi connectivity index (χ2v) is 4.88. The molecule has 0 fully saturated rings. The number of rotatable bonds is 2. The minimum atomic E-state index is -0.367. The number of benzene rings is 2. The van der Waals surface area contributed by atoms with Gasteiger partial charge < -0.3 is 19.7 Å². The van der Waals surface area contributed by atoms with Crippen LogP contribution in [0.1, 0.15) is 23.5 Å². The second-order valence-electron chi connectivity index (χ2n) is 4.88. The van der Waals surface area contributed by atoms with E-state index in [0.29, 0.717) is 11.5 Å². The van der Waals surface area contributed by atoms with Gasteiger partial charge in [0, 0.05) is 17.5 Å². The van der Waals surface area contributed by atoms with E-state index in [1.54, 1.807) is 30.3 Å². The van der Waals surface area contributed by atoms with Crippen molar-refractivity contribution >= 4 is 5.97 Å². The number of fused-ring (bicyclic) bond motifs is 1. The van der Waals surface area contributed by atoms with Crippen LogP contribution in [0.15, 0.2) is 36.4 Å². The van der Waals surface area contributed by atoms with Crippen LogP contribution in [0, 0.1) is 0 Å². The first-order chi connectivity index (χ1) is 10.1. The molecule has 21 heavy (non-hydrogen) atoms. The third kappa shape index (κ3) is 2.38. The number of hydrogen-bond acceptors (Lipinski definition) is 5. The molecule has 2 aromatic rings. The molecule has 5 heteroatoms. The van der Waals surface area contributed by atoms with Crippen molar-refractivity contribution in [2.75, 3.05) is 7.11 Å². The molecule has 3 rings (SSSR count). The quantitative estimate of drug-likeness (QED) is 0.655. The standard InChI is InChI=1S/C16H14O5/c1-20-14-5-2-9(6-13(14)18)12-8-16(19)21-15-7-10(17)3-4-11(12)15/h2-7,12,17-18H,8H2,1H3/t12-/m1/s1. The molecule has 0 saturated carbocycles. The number of carbonyl (C=O) groups is 1. The highest BCUT2D eigenvalue weighted by Gasteiger charge is 2.29. The molecular formula is C16H14O5. The number of methoxy groups -OCH3 is 1. The van der Waals surface area contributed by atoms with Crippen molar-refractivity contribution in [3.63, 3.8) is 0 Å². The number of phenolic OH excluding ortho intramolecular Hbond substituents is 2. The minimum absolute atomic E-state index is 0.0225. The van der Waals surface area contributed by atoms with Gasteiger partial charge in [-0.15, -0.1) is 0 Å². The van der Waals surface area contributed by atoms with Crippen LogP contribution in [0.3, 0.4) is 0 Å². The molecule has 2 N–H and O–H groups in total. The fourth-order valence-corrected chi connectivity index (χ4v) is 2.56. The van der Waals surface area contributed by atoms with E-state index in [4.69, 9.17) is 9.47 Å². The molecule has 1 aliphatic rings. The molecule has 5 nitrogen and oxygen atoms in total.